The Morgan fingerprint density at radius 3 is 2.09 bits per heavy atom. The van der Waals surface area contributed by atoms with Crippen LogP contribution in [-0.2, 0) is 4.79 Å². The molecule has 0 saturated carbocycles. The number of amides is 1. The third-order valence-corrected chi connectivity index (χ3v) is 5.88. The predicted octanol–water partition coefficient (Wildman–Crippen LogP) is 5.09. The number of methoxy groups -OCH3 is 1. The fourth-order valence-electron chi connectivity index (χ4n) is 3.40. The number of ether oxygens (including phenoxy) is 1. The normalized spacial score (nSPS) is 10.8. The highest BCUT2D eigenvalue weighted by Crippen LogP contribution is 2.29. The Hall–Kier alpha value is -3.58. The number of nitrogens with zero attached hydrogens (tertiary/aromatic N) is 3. The standard InChI is InChI=1S/C25H23N3O3S/c1-28(23(18-9-5-3-6-10-18)19-11-7-4-8-12-19)22(29)17-32-25-27-26-24(31-25)20-13-15-21(30-2)16-14-20/h3-16,23H,17H2,1-2H3. The van der Waals surface area contributed by atoms with Gasteiger partial charge in [0.1, 0.15) is 5.75 Å². The molecule has 1 heterocycles. The first-order chi connectivity index (χ1) is 15.7. The molecule has 0 fully saturated rings. The number of hydrogen-bond acceptors (Lipinski definition) is 6. The van der Waals surface area contributed by atoms with Crippen LogP contribution in [0.15, 0.2) is 94.6 Å². The van der Waals surface area contributed by atoms with Crippen molar-refractivity contribution in [1.29, 1.82) is 0 Å². The minimum Gasteiger partial charge on any atom is -0.497 e. The summed E-state index contributed by atoms with van der Waals surface area (Å²) in [4.78, 5) is 14.8. The molecule has 0 radical (unpaired) electrons. The monoisotopic (exact) mass is 445 g/mol. The van der Waals surface area contributed by atoms with Gasteiger partial charge in [-0.1, -0.05) is 72.4 Å². The summed E-state index contributed by atoms with van der Waals surface area (Å²) in [7, 11) is 3.44. The van der Waals surface area contributed by atoms with E-state index in [0.717, 1.165) is 22.4 Å². The molecule has 0 aliphatic carbocycles. The maximum Gasteiger partial charge on any atom is 0.277 e. The largest absolute Gasteiger partial charge is 0.497 e. The van der Waals surface area contributed by atoms with Crippen LogP contribution in [0.1, 0.15) is 17.2 Å². The molecular formula is C25H23N3O3S. The van der Waals surface area contributed by atoms with Crippen LogP contribution in [0.3, 0.4) is 0 Å². The molecule has 0 aliphatic heterocycles. The van der Waals surface area contributed by atoms with E-state index in [-0.39, 0.29) is 17.7 Å². The average molecular weight is 446 g/mol. The molecule has 1 aromatic heterocycles. The highest BCUT2D eigenvalue weighted by molar-refractivity contribution is 7.99. The molecule has 0 spiro atoms. The van der Waals surface area contributed by atoms with Gasteiger partial charge in [-0.05, 0) is 35.4 Å². The van der Waals surface area contributed by atoms with Crippen molar-refractivity contribution in [3.05, 3.63) is 96.1 Å². The van der Waals surface area contributed by atoms with Gasteiger partial charge >= 0.3 is 0 Å². The lowest BCUT2D eigenvalue weighted by Crippen LogP contribution is -2.33. The maximum absolute atomic E-state index is 13.1. The summed E-state index contributed by atoms with van der Waals surface area (Å²) >= 11 is 1.23. The molecule has 0 unspecified atom stereocenters. The second-order valence-electron chi connectivity index (χ2n) is 7.12. The van der Waals surface area contributed by atoms with Crippen molar-refractivity contribution in [2.24, 2.45) is 0 Å². The van der Waals surface area contributed by atoms with E-state index in [2.05, 4.69) is 10.2 Å². The zero-order chi connectivity index (χ0) is 22.3. The number of thioether (sulfide) groups is 1. The van der Waals surface area contributed by atoms with Crippen LogP contribution in [0.5, 0.6) is 5.75 Å². The van der Waals surface area contributed by atoms with Crippen LogP contribution < -0.4 is 4.74 Å². The summed E-state index contributed by atoms with van der Waals surface area (Å²) in [6.45, 7) is 0. The van der Waals surface area contributed by atoms with Gasteiger partial charge in [-0.3, -0.25) is 4.79 Å². The fourth-order valence-corrected chi connectivity index (χ4v) is 4.08. The average Bonchev–Trinajstić information content (AvgIpc) is 3.33. The SMILES string of the molecule is COc1ccc(-c2nnc(SCC(=O)N(C)C(c3ccccc3)c3ccccc3)o2)cc1. The van der Waals surface area contributed by atoms with Gasteiger partial charge in [-0.2, -0.15) is 0 Å². The zero-order valence-electron chi connectivity index (χ0n) is 17.8. The zero-order valence-corrected chi connectivity index (χ0v) is 18.7. The van der Waals surface area contributed by atoms with E-state index in [1.54, 1.807) is 12.0 Å². The van der Waals surface area contributed by atoms with E-state index >= 15 is 0 Å². The number of carbonyl (C=O) groups excluding carboxylic acids is 1. The molecule has 3 aromatic carbocycles. The Morgan fingerprint density at radius 2 is 1.53 bits per heavy atom. The lowest BCUT2D eigenvalue weighted by atomic mass is 9.97. The first-order valence-electron chi connectivity index (χ1n) is 10.1. The first-order valence-corrected chi connectivity index (χ1v) is 11.1. The van der Waals surface area contributed by atoms with Crippen molar-refractivity contribution in [2.45, 2.75) is 11.3 Å². The van der Waals surface area contributed by atoms with Gasteiger partial charge in [-0.25, -0.2) is 0 Å². The molecule has 32 heavy (non-hydrogen) atoms. The van der Waals surface area contributed by atoms with Crippen LogP contribution in [0.4, 0.5) is 0 Å². The molecule has 7 heteroatoms. The van der Waals surface area contributed by atoms with E-state index in [0.29, 0.717) is 11.1 Å². The van der Waals surface area contributed by atoms with E-state index < -0.39 is 0 Å². The lowest BCUT2D eigenvalue weighted by Gasteiger charge is -2.29. The van der Waals surface area contributed by atoms with Gasteiger partial charge in [0.2, 0.25) is 11.8 Å². The van der Waals surface area contributed by atoms with E-state index in [1.165, 1.54) is 11.8 Å². The molecule has 6 nitrogen and oxygen atoms in total. The summed E-state index contributed by atoms with van der Waals surface area (Å²) < 4.78 is 10.9. The van der Waals surface area contributed by atoms with Crippen LogP contribution in [0.25, 0.3) is 11.5 Å². The number of hydrogen-bond donors (Lipinski definition) is 0. The summed E-state index contributed by atoms with van der Waals surface area (Å²) in [5, 5.41) is 8.52. The third kappa shape index (κ3) is 5.00. The van der Waals surface area contributed by atoms with Gasteiger partial charge in [0.25, 0.3) is 5.22 Å². The summed E-state index contributed by atoms with van der Waals surface area (Å²) in [5.41, 5.74) is 2.90. The smallest absolute Gasteiger partial charge is 0.277 e. The van der Waals surface area contributed by atoms with Gasteiger partial charge in [-0.15, -0.1) is 10.2 Å². The Kier molecular flexibility index (Phi) is 6.87. The van der Waals surface area contributed by atoms with Crippen molar-refractivity contribution >= 4 is 17.7 Å². The Labute approximate surface area is 191 Å². The van der Waals surface area contributed by atoms with Gasteiger partial charge in [0, 0.05) is 12.6 Å². The van der Waals surface area contributed by atoms with Gasteiger partial charge in [0.05, 0.1) is 18.9 Å². The number of rotatable bonds is 8. The molecule has 162 valence electrons. The summed E-state index contributed by atoms with van der Waals surface area (Å²) in [6, 6.07) is 27.2. The van der Waals surface area contributed by atoms with Crippen LogP contribution in [0, 0.1) is 0 Å². The van der Waals surface area contributed by atoms with Crippen molar-refractivity contribution < 1.29 is 13.9 Å². The number of carbonyl (C=O) groups is 1. The molecule has 4 aromatic rings. The summed E-state index contributed by atoms with van der Waals surface area (Å²) in [5.74, 6) is 1.32. The van der Waals surface area contributed by atoms with E-state index in [9.17, 15) is 4.79 Å². The second kappa shape index (κ2) is 10.2. The Bertz CT molecular complexity index is 1110. The molecule has 0 atom stereocenters. The minimum atomic E-state index is -0.178. The molecule has 4 rings (SSSR count). The topological polar surface area (TPSA) is 68.5 Å². The third-order valence-electron chi connectivity index (χ3n) is 5.07. The first kappa shape index (κ1) is 21.6. The van der Waals surface area contributed by atoms with E-state index in [4.69, 9.17) is 9.15 Å². The maximum atomic E-state index is 13.1. The van der Waals surface area contributed by atoms with Crippen LogP contribution in [0.2, 0.25) is 0 Å². The van der Waals surface area contributed by atoms with Crippen LogP contribution >= 0.6 is 11.8 Å². The minimum absolute atomic E-state index is 0.0306. The number of aromatic nitrogens is 2. The van der Waals surface area contributed by atoms with Gasteiger partial charge < -0.3 is 14.1 Å². The van der Waals surface area contributed by atoms with Crippen molar-refractivity contribution in [1.82, 2.24) is 15.1 Å². The predicted molar refractivity (Wildman–Crippen MR) is 125 cm³/mol. The van der Waals surface area contributed by atoms with E-state index in [1.807, 2.05) is 92.0 Å². The highest BCUT2D eigenvalue weighted by Gasteiger charge is 2.24. The van der Waals surface area contributed by atoms with Crippen molar-refractivity contribution in [3.8, 4) is 17.2 Å². The lowest BCUT2D eigenvalue weighted by molar-refractivity contribution is -0.128. The Morgan fingerprint density at radius 1 is 0.938 bits per heavy atom. The molecule has 1 amide bonds. The fraction of sp³-hybridized carbons (Fsp3) is 0.160. The summed E-state index contributed by atoms with van der Waals surface area (Å²) in [6.07, 6.45) is 0. The second-order valence-corrected chi connectivity index (χ2v) is 8.05. The number of benzene rings is 3. The Balaban J connectivity index is 1.45. The molecule has 0 aliphatic rings. The molecule has 0 bridgehead atoms. The molecule has 0 N–H and O–H groups in total. The van der Waals surface area contributed by atoms with Crippen molar-refractivity contribution in [2.75, 3.05) is 19.9 Å². The van der Waals surface area contributed by atoms with Gasteiger partial charge in [0.15, 0.2) is 0 Å². The van der Waals surface area contributed by atoms with Crippen LogP contribution in [-0.4, -0.2) is 40.9 Å². The molecule has 0 saturated heterocycles. The quantitative estimate of drug-likeness (QED) is 0.352. The van der Waals surface area contributed by atoms with Crippen molar-refractivity contribution in [3.63, 3.8) is 0 Å². The molecular weight excluding hydrogens is 422 g/mol. The highest BCUT2D eigenvalue weighted by atomic mass is 32.2.